The summed E-state index contributed by atoms with van der Waals surface area (Å²) in [5, 5.41) is 8.59. The minimum Gasteiger partial charge on any atom is -0.493 e. The molecule has 164 valence electrons. The summed E-state index contributed by atoms with van der Waals surface area (Å²) >= 11 is 1.65. The molecule has 0 saturated carbocycles. The number of ether oxygens (including phenoxy) is 3. The van der Waals surface area contributed by atoms with Crippen LogP contribution in [-0.2, 0) is 5.75 Å². The molecule has 0 unspecified atom stereocenters. The van der Waals surface area contributed by atoms with Gasteiger partial charge in [0.15, 0.2) is 11.5 Å². The zero-order chi connectivity index (χ0) is 22.3. The molecule has 2 aromatic heterocycles. The first kappa shape index (κ1) is 21.4. The summed E-state index contributed by atoms with van der Waals surface area (Å²) in [7, 11) is 4.68. The van der Waals surface area contributed by atoms with Crippen molar-refractivity contribution < 1.29 is 14.2 Å². The van der Waals surface area contributed by atoms with Crippen molar-refractivity contribution in [3.05, 3.63) is 66.6 Å². The van der Waals surface area contributed by atoms with Gasteiger partial charge in [0.1, 0.15) is 11.4 Å². The highest BCUT2D eigenvalue weighted by atomic mass is 32.2. The molecule has 0 radical (unpaired) electrons. The summed E-state index contributed by atoms with van der Waals surface area (Å²) in [6.07, 6.45) is 3.26. The lowest BCUT2D eigenvalue weighted by molar-refractivity contribution is 0.324. The van der Waals surface area contributed by atoms with Crippen molar-refractivity contribution in [3.63, 3.8) is 0 Å². The van der Waals surface area contributed by atoms with E-state index in [4.69, 9.17) is 14.2 Å². The first-order valence-corrected chi connectivity index (χ1v) is 10.7. The summed E-state index contributed by atoms with van der Waals surface area (Å²) in [6.45, 7) is 0. The maximum atomic E-state index is 5.39. The Morgan fingerprint density at radius 2 is 1.69 bits per heavy atom. The van der Waals surface area contributed by atoms with Gasteiger partial charge in [0.25, 0.3) is 5.95 Å². The van der Waals surface area contributed by atoms with Crippen molar-refractivity contribution in [3.8, 4) is 23.2 Å². The van der Waals surface area contributed by atoms with Gasteiger partial charge in [-0.25, -0.2) is 9.67 Å². The third kappa shape index (κ3) is 4.92. The molecule has 0 spiro atoms. The van der Waals surface area contributed by atoms with Gasteiger partial charge in [-0.3, -0.25) is 0 Å². The van der Waals surface area contributed by atoms with E-state index in [1.807, 2.05) is 30.5 Å². The second-order valence-electron chi connectivity index (χ2n) is 6.52. The Morgan fingerprint density at radius 3 is 2.38 bits per heavy atom. The molecule has 4 rings (SSSR count). The molecule has 0 fully saturated rings. The Balaban J connectivity index is 1.50. The van der Waals surface area contributed by atoms with Crippen LogP contribution in [0.5, 0.6) is 17.2 Å². The zero-order valence-electron chi connectivity index (χ0n) is 17.8. The lowest BCUT2D eigenvalue weighted by Gasteiger charge is -2.14. The maximum Gasteiger partial charge on any atom is 0.255 e. The quantitative estimate of drug-likeness (QED) is 0.378. The minimum atomic E-state index is 0.360. The number of benzene rings is 2. The molecule has 0 aliphatic heterocycles. The first-order valence-electron chi connectivity index (χ1n) is 9.69. The summed E-state index contributed by atoms with van der Waals surface area (Å²) in [6, 6.07) is 15.7. The van der Waals surface area contributed by atoms with Gasteiger partial charge in [0.2, 0.25) is 11.7 Å². The smallest absolute Gasteiger partial charge is 0.255 e. The van der Waals surface area contributed by atoms with Crippen LogP contribution in [0.3, 0.4) is 0 Å². The van der Waals surface area contributed by atoms with Crippen molar-refractivity contribution >= 4 is 23.4 Å². The molecular weight excluding hydrogens is 428 g/mol. The third-order valence-electron chi connectivity index (χ3n) is 4.48. The standard InChI is InChI=1S/C22H22N6O3S/c1-29-17-11-16(12-18(30-2)20(17)31-3)25-21-23-14-24-22(26-21)28-10-9-19(27-28)32-13-15-7-5-4-6-8-15/h4-12,14H,13H2,1-3H3,(H,23,24,25,26). The molecule has 10 heteroatoms. The second-order valence-corrected chi connectivity index (χ2v) is 7.52. The molecule has 2 aromatic carbocycles. The molecule has 0 atom stereocenters. The van der Waals surface area contributed by atoms with Crippen LogP contribution in [0.2, 0.25) is 0 Å². The largest absolute Gasteiger partial charge is 0.493 e. The van der Waals surface area contributed by atoms with Gasteiger partial charge in [0, 0.05) is 29.8 Å². The summed E-state index contributed by atoms with van der Waals surface area (Å²) in [5.41, 5.74) is 1.92. The van der Waals surface area contributed by atoms with E-state index in [-0.39, 0.29) is 0 Å². The number of nitrogens with zero attached hydrogens (tertiary/aromatic N) is 5. The number of hydrogen-bond acceptors (Lipinski definition) is 9. The van der Waals surface area contributed by atoms with Gasteiger partial charge in [-0.1, -0.05) is 42.1 Å². The number of nitrogens with one attached hydrogen (secondary N) is 1. The van der Waals surface area contributed by atoms with Crippen LogP contribution in [0.15, 0.2) is 66.1 Å². The molecular formula is C22H22N6O3S. The highest BCUT2D eigenvalue weighted by Gasteiger charge is 2.14. The fourth-order valence-electron chi connectivity index (χ4n) is 2.97. The highest BCUT2D eigenvalue weighted by molar-refractivity contribution is 7.98. The van der Waals surface area contributed by atoms with Crippen LogP contribution >= 0.6 is 11.8 Å². The van der Waals surface area contributed by atoms with E-state index in [0.717, 1.165) is 10.8 Å². The molecule has 2 heterocycles. The number of methoxy groups -OCH3 is 3. The average molecular weight is 451 g/mol. The van der Waals surface area contributed by atoms with E-state index < -0.39 is 0 Å². The highest BCUT2D eigenvalue weighted by Crippen LogP contribution is 2.40. The van der Waals surface area contributed by atoms with E-state index >= 15 is 0 Å². The summed E-state index contributed by atoms with van der Waals surface area (Å²) < 4.78 is 17.8. The van der Waals surface area contributed by atoms with Crippen LogP contribution in [0.1, 0.15) is 5.56 Å². The molecule has 32 heavy (non-hydrogen) atoms. The number of thioether (sulfide) groups is 1. The minimum absolute atomic E-state index is 0.360. The third-order valence-corrected chi connectivity index (χ3v) is 5.47. The van der Waals surface area contributed by atoms with Crippen LogP contribution in [0.25, 0.3) is 5.95 Å². The van der Waals surface area contributed by atoms with Gasteiger partial charge < -0.3 is 19.5 Å². The Morgan fingerprint density at radius 1 is 0.938 bits per heavy atom. The monoisotopic (exact) mass is 450 g/mol. The van der Waals surface area contributed by atoms with E-state index in [2.05, 4.69) is 37.5 Å². The van der Waals surface area contributed by atoms with Crippen molar-refractivity contribution in [2.45, 2.75) is 10.8 Å². The van der Waals surface area contributed by atoms with Crippen LogP contribution in [0, 0.1) is 0 Å². The fraction of sp³-hybridized carbons (Fsp3) is 0.182. The number of aromatic nitrogens is 5. The molecule has 9 nitrogen and oxygen atoms in total. The van der Waals surface area contributed by atoms with Crippen LogP contribution in [-0.4, -0.2) is 46.1 Å². The maximum absolute atomic E-state index is 5.39. The molecule has 0 saturated heterocycles. The lowest BCUT2D eigenvalue weighted by atomic mass is 10.2. The molecule has 0 aliphatic rings. The van der Waals surface area contributed by atoms with Crippen LogP contribution in [0.4, 0.5) is 11.6 Å². The van der Waals surface area contributed by atoms with E-state index in [9.17, 15) is 0 Å². The summed E-state index contributed by atoms with van der Waals surface area (Å²) in [5.74, 6) is 3.16. The predicted molar refractivity (Wildman–Crippen MR) is 122 cm³/mol. The topological polar surface area (TPSA) is 96.2 Å². The summed E-state index contributed by atoms with van der Waals surface area (Å²) in [4.78, 5) is 12.9. The van der Waals surface area contributed by atoms with Gasteiger partial charge >= 0.3 is 0 Å². The zero-order valence-corrected chi connectivity index (χ0v) is 18.7. The second kappa shape index (κ2) is 10.0. The Hall–Kier alpha value is -3.79. The Labute approximate surface area is 189 Å². The van der Waals surface area contributed by atoms with E-state index in [1.54, 1.807) is 49.9 Å². The number of anilines is 2. The number of rotatable bonds is 9. The molecule has 0 aliphatic carbocycles. The van der Waals surface area contributed by atoms with Gasteiger partial charge in [-0.05, 0) is 11.6 Å². The first-order chi connectivity index (χ1) is 15.7. The molecule has 1 N–H and O–H groups in total. The normalized spacial score (nSPS) is 10.6. The Bertz CT molecular complexity index is 1160. The lowest BCUT2D eigenvalue weighted by Crippen LogP contribution is -2.06. The van der Waals surface area contributed by atoms with Gasteiger partial charge in [-0.15, -0.1) is 0 Å². The van der Waals surface area contributed by atoms with Crippen molar-refractivity contribution in [1.82, 2.24) is 24.7 Å². The van der Waals surface area contributed by atoms with Crippen molar-refractivity contribution in [2.24, 2.45) is 0 Å². The van der Waals surface area contributed by atoms with Gasteiger partial charge in [0.05, 0.1) is 21.3 Å². The Kier molecular flexibility index (Phi) is 6.71. The van der Waals surface area contributed by atoms with Gasteiger partial charge in [-0.2, -0.15) is 15.1 Å². The van der Waals surface area contributed by atoms with Crippen molar-refractivity contribution in [2.75, 3.05) is 26.6 Å². The van der Waals surface area contributed by atoms with E-state index in [0.29, 0.717) is 34.8 Å². The number of hydrogen-bond donors (Lipinski definition) is 1. The van der Waals surface area contributed by atoms with E-state index in [1.165, 1.54) is 11.9 Å². The predicted octanol–water partition coefficient (Wildman–Crippen LogP) is 4.12. The molecule has 0 amide bonds. The SMILES string of the molecule is COc1cc(Nc2ncnc(-n3ccc(SCc4ccccc4)n3)n2)cc(OC)c1OC. The van der Waals surface area contributed by atoms with Crippen LogP contribution < -0.4 is 19.5 Å². The van der Waals surface area contributed by atoms with Crippen molar-refractivity contribution in [1.29, 1.82) is 0 Å². The fourth-order valence-corrected chi connectivity index (χ4v) is 3.78. The average Bonchev–Trinajstić information content (AvgIpc) is 3.32. The molecule has 4 aromatic rings. The molecule has 0 bridgehead atoms.